The molecule has 0 N–H and O–H groups in total. The van der Waals surface area contributed by atoms with E-state index in [4.69, 9.17) is 0 Å². The zero-order valence-corrected chi connectivity index (χ0v) is 15.2. The number of hydrogen-bond acceptors (Lipinski definition) is 2. The fourth-order valence-electron chi connectivity index (χ4n) is 2.96. The van der Waals surface area contributed by atoms with Crippen molar-refractivity contribution in [3.63, 3.8) is 0 Å². The first-order chi connectivity index (χ1) is 9.51. The number of thioether (sulfide) groups is 1. The van der Waals surface area contributed by atoms with Gasteiger partial charge in [0, 0.05) is 24.6 Å². The molecule has 20 heavy (non-hydrogen) atoms. The predicted molar refractivity (Wildman–Crippen MR) is 94.7 cm³/mol. The Kier molecular flexibility index (Phi) is 9.28. The van der Waals surface area contributed by atoms with Crippen molar-refractivity contribution < 1.29 is 0 Å². The van der Waals surface area contributed by atoms with Gasteiger partial charge in [-0.25, -0.2) is 0 Å². The standard InChI is InChI=1S/C18H37NS/c1-5-17(10-11-18(2,3)4)9-7-6-8-12-19-13-15-20-16-14-19/h17H,5-16H2,1-4H3/t17-/m0/s1. The van der Waals surface area contributed by atoms with Crippen molar-refractivity contribution in [1.29, 1.82) is 0 Å². The van der Waals surface area contributed by atoms with Crippen molar-refractivity contribution in [3.05, 3.63) is 0 Å². The molecule has 1 heterocycles. The maximum Gasteiger partial charge on any atom is 0.00727 e. The molecule has 1 aliphatic rings. The molecule has 1 rings (SSSR count). The summed E-state index contributed by atoms with van der Waals surface area (Å²) in [5.41, 5.74) is 0.514. The summed E-state index contributed by atoms with van der Waals surface area (Å²) < 4.78 is 0. The van der Waals surface area contributed by atoms with Gasteiger partial charge >= 0.3 is 0 Å². The summed E-state index contributed by atoms with van der Waals surface area (Å²) in [7, 11) is 0. The van der Waals surface area contributed by atoms with Gasteiger partial charge in [-0.3, -0.25) is 0 Å². The lowest BCUT2D eigenvalue weighted by molar-refractivity contribution is 0.284. The van der Waals surface area contributed by atoms with E-state index in [-0.39, 0.29) is 0 Å². The highest BCUT2D eigenvalue weighted by atomic mass is 32.2. The van der Waals surface area contributed by atoms with Crippen LogP contribution in [0.3, 0.4) is 0 Å². The van der Waals surface area contributed by atoms with Crippen molar-refractivity contribution in [2.24, 2.45) is 11.3 Å². The number of rotatable bonds is 9. The third-order valence-electron chi connectivity index (χ3n) is 4.57. The highest BCUT2D eigenvalue weighted by molar-refractivity contribution is 7.99. The summed E-state index contributed by atoms with van der Waals surface area (Å²) in [6.07, 6.45) is 9.96. The number of nitrogens with zero attached hydrogens (tertiary/aromatic N) is 1. The van der Waals surface area contributed by atoms with Crippen LogP contribution in [0.2, 0.25) is 0 Å². The lowest BCUT2D eigenvalue weighted by atomic mass is 9.84. The lowest BCUT2D eigenvalue weighted by Gasteiger charge is -2.26. The third kappa shape index (κ3) is 9.28. The van der Waals surface area contributed by atoms with Crippen LogP contribution in [0.5, 0.6) is 0 Å². The van der Waals surface area contributed by atoms with E-state index in [1.807, 2.05) is 0 Å². The van der Waals surface area contributed by atoms with Gasteiger partial charge in [0.15, 0.2) is 0 Å². The summed E-state index contributed by atoms with van der Waals surface area (Å²) in [5.74, 6) is 3.68. The first-order valence-electron chi connectivity index (χ1n) is 8.81. The van der Waals surface area contributed by atoms with E-state index >= 15 is 0 Å². The van der Waals surface area contributed by atoms with Gasteiger partial charge < -0.3 is 4.90 Å². The number of unbranched alkanes of at least 4 members (excludes halogenated alkanes) is 2. The normalized spacial score (nSPS) is 19.2. The molecular formula is C18H37NS. The molecule has 0 saturated carbocycles. The zero-order valence-electron chi connectivity index (χ0n) is 14.4. The molecule has 1 fully saturated rings. The Morgan fingerprint density at radius 3 is 2.30 bits per heavy atom. The highest BCUT2D eigenvalue weighted by Crippen LogP contribution is 2.27. The second-order valence-corrected chi connectivity index (χ2v) is 8.90. The van der Waals surface area contributed by atoms with Crippen LogP contribution in [-0.2, 0) is 0 Å². The topological polar surface area (TPSA) is 3.24 Å². The monoisotopic (exact) mass is 299 g/mol. The Hall–Kier alpha value is 0.310. The van der Waals surface area contributed by atoms with E-state index in [0.717, 1.165) is 5.92 Å². The van der Waals surface area contributed by atoms with Gasteiger partial charge in [0.2, 0.25) is 0 Å². The SMILES string of the molecule is CC[C@@H](CCCCCN1CCSCC1)CCC(C)(C)C. The molecule has 1 nitrogen and oxygen atoms in total. The van der Waals surface area contributed by atoms with Gasteiger partial charge in [0.1, 0.15) is 0 Å². The van der Waals surface area contributed by atoms with Gasteiger partial charge in [-0.05, 0) is 37.1 Å². The molecule has 0 aliphatic carbocycles. The molecule has 120 valence electrons. The van der Waals surface area contributed by atoms with Crippen molar-refractivity contribution in [2.45, 2.75) is 72.6 Å². The van der Waals surface area contributed by atoms with E-state index in [1.165, 1.54) is 76.1 Å². The summed E-state index contributed by atoms with van der Waals surface area (Å²) in [4.78, 5) is 2.66. The van der Waals surface area contributed by atoms with E-state index in [2.05, 4.69) is 44.4 Å². The second kappa shape index (κ2) is 10.1. The fourth-order valence-corrected chi connectivity index (χ4v) is 3.94. The molecule has 0 aromatic heterocycles. The van der Waals surface area contributed by atoms with Crippen LogP contribution in [0.1, 0.15) is 72.6 Å². The molecule has 1 aliphatic heterocycles. The van der Waals surface area contributed by atoms with E-state index in [0.29, 0.717) is 5.41 Å². The molecule has 1 saturated heterocycles. The van der Waals surface area contributed by atoms with E-state index in [1.54, 1.807) is 0 Å². The van der Waals surface area contributed by atoms with Crippen molar-refractivity contribution >= 4 is 11.8 Å². The summed E-state index contributed by atoms with van der Waals surface area (Å²) in [6, 6.07) is 0. The van der Waals surface area contributed by atoms with E-state index in [9.17, 15) is 0 Å². The molecule has 0 bridgehead atoms. The van der Waals surface area contributed by atoms with Gasteiger partial charge in [0.05, 0.1) is 0 Å². The first-order valence-corrected chi connectivity index (χ1v) is 9.97. The largest absolute Gasteiger partial charge is 0.302 e. The van der Waals surface area contributed by atoms with Crippen molar-refractivity contribution in [2.75, 3.05) is 31.1 Å². The van der Waals surface area contributed by atoms with Crippen LogP contribution in [0, 0.1) is 11.3 Å². The van der Waals surface area contributed by atoms with Crippen LogP contribution in [0.4, 0.5) is 0 Å². The molecule has 0 aromatic carbocycles. The first kappa shape index (κ1) is 18.4. The van der Waals surface area contributed by atoms with Gasteiger partial charge in [-0.1, -0.05) is 53.4 Å². The summed E-state index contributed by atoms with van der Waals surface area (Å²) in [6.45, 7) is 13.5. The average Bonchev–Trinajstić information content (AvgIpc) is 2.42. The van der Waals surface area contributed by atoms with Crippen LogP contribution in [-0.4, -0.2) is 36.0 Å². The highest BCUT2D eigenvalue weighted by Gasteiger charge is 2.14. The van der Waals surface area contributed by atoms with Crippen LogP contribution in [0.15, 0.2) is 0 Å². The summed E-state index contributed by atoms with van der Waals surface area (Å²) in [5, 5.41) is 0. The van der Waals surface area contributed by atoms with E-state index < -0.39 is 0 Å². The Morgan fingerprint density at radius 2 is 1.70 bits per heavy atom. The Labute approximate surface area is 132 Å². The minimum atomic E-state index is 0.514. The minimum Gasteiger partial charge on any atom is -0.302 e. The van der Waals surface area contributed by atoms with Gasteiger partial charge in [-0.2, -0.15) is 11.8 Å². The maximum absolute atomic E-state index is 2.66. The van der Waals surface area contributed by atoms with Crippen LogP contribution < -0.4 is 0 Å². The van der Waals surface area contributed by atoms with Crippen LogP contribution >= 0.6 is 11.8 Å². The second-order valence-electron chi connectivity index (χ2n) is 7.68. The molecule has 0 amide bonds. The Bertz CT molecular complexity index is 228. The molecular weight excluding hydrogens is 262 g/mol. The van der Waals surface area contributed by atoms with Crippen molar-refractivity contribution in [1.82, 2.24) is 4.90 Å². The molecule has 2 heteroatoms. The molecule has 0 unspecified atom stereocenters. The average molecular weight is 300 g/mol. The maximum atomic E-state index is 2.66. The molecule has 1 atom stereocenters. The fraction of sp³-hybridized carbons (Fsp3) is 1.00. The third-order valence-corrected chi connectivity index (χ3v) is 5.51. The van der Waals surface area contributed by atoms with Gasteiger partial charge in [0.25, 0.3) is 0 Å². The Balaban J connectivity index is 2.00. The van der Waals surface area contributed by atoms with Crippen LogP contribution in [0.25, 0.3) is 0 Å². The zero-order chi connectivity index (χ0) is 14.8. The smallest absolute Gasteiger partial charge is 0.00727 e. The quantitative estimate of drug-likeness (QED) is 0.521. The number of hydrogen-bond donors (Lipinski definition) is 0. The summed E-state index contributed by atoms with van der Waals surface area (Å²) >= 11 is 2.11. The van der Waals surface area contributed by atoms with Gasteiger partial charge in [-0.15, -0.1) is 0 Å². The predicted octanol–water partition coefficient (Wildman–Crippen LogP) is 5.45. The van der Waals surface area contributed by atoms with Crippen molar-refractivity contribution in [3.8, 4) is 0 Å². The molecule has 0 aromatic rings. The lowest BCUT2D eigenvalue weighted by Crippen LogP contribution is -2.33. The molecule has 0 radical (unpaired) electrons. The molecule has 0 spiro atoms. The Morgan fingerprint density at radius 1 is 1.00 bits per heavy atom. The minimum absolute atomic E-state index is 0.514.